The molecule has 3 heterocycles. The molecule has 0 radical (unpaired) electrons. The molecule has 3 rings (SSSR count). The fraction of sp³-hybridized carbons (Fsp3) is 0.478. The molecule has 1 aliphatic rings. The zero-order chi connectivity index (χ0) is 26.4. The molecule has 0 aromatic carbocycles. The number of carbonyl (C=O) groups is 1. The lowest BCUT2D eigenvalue weighted by molar-refractivity contribution is -0.138. The normalized spacial score (nSPS) is 22.4. The average molecular weight is 506 g/mol. The summed E-state index contributed by atoms with van der Waals surface area (Å²) in [6, 6.07) is 0. The number of hydrogen-bond acceptors (Lipinski definition) is 10. The number of nitrogens with one attached hydrogen (secondary N) is 1. The molecule has 36 heavy (non-hydrogen) atoms. The van der Waals surface area contributed by atoms with E-state index in [4.69, 9.17) is 14.6 Å². The van der Waals surface area contributed by atoms with Crippen LogP contribution in [0.5, 0.6) is 0 Å². The van der Waals surface area contributed by atoms with Crippen LogP contribution in [0.2, 0.25) is 0 Å². The van der Waals surface area contributed by atoms with E-state index in [1.807, 2.05) is 6.92 Å². The molecule has 0 spiro atoms. The summed E-state index contributed by atoms with van der Waals surface area (Å²) in [5.41, 5.74) is -0.368. The summed E-state index contributed by atoms with van der Waals surface area (Å²) >= 11 is 0. The van der Waals surface area contributed by atoms with Crippen LogP contribution < -0.4 is 16.6 Å². The van der Waals surface area contributed by atoms with Gasteiger partial charge in [0.15, 0.2) is 17.4 Å². The van der Waals surface area contributed by atoms with E-state index < -0.39 is 48.4 Å². The Labute approximate surface area is 206 Å². The van der Waals surface area contributed by atoms with Crippen LogP contribution in [0.4, 0.5) is 0 Å². The number of nitrogens with zero attached hydrogens (tertiary/aromatic N) is 4. The molecule has 196 valence electrons. The smallest absolute Gasteiger partial charge is 0.338 e. The van der Waals surface area contributed by atoms with Crippen molar-refractivity contribution >= 4 is 17.1 Å². The maximum Gasteiger partial charge on any atom is 0.338 e. The minimum absolute atomic E-state index is 0.103. The van der Waals surface area contributed by atoms with Crippen LogP contribution in [0, 0.1) is 0 Å². The Bertz CT molecular complexity index is 1270. The zero-order valence-electron chi connectivity index (χ0n) is 20.1. The molecule has 4 N–H and O–H groups in total. The highest BCUT2D eigenvalue weighted by Crippen LogP contribution is 2.19. The molecule has 0 aliphatic carbocycles. The first-order valence-corrected chi connectivity index (χ1v) is 11.4. The summed E-state index contributed by atoms with van der Waals surface area (Å²) in [4.78, 5) is 42.2. The SMILES string of the molecule is C=C/C(=C\C=C/NC1O[C@H](CO)[C@@H](O)[C@H]1O)C(=O)OCCn1c(=O)c2c(ncn2CCC)n(C)c1=O. The number of aromatic nitrogens is 4. The lowest BCUT2D eigenvalue weighted by Crippen LogP contribution is -2.40. The maximum atomic E-state index is 12.9. The van der Waals surface area contributed by atoms with Gasteiger partial charge < -0.3 is 34.7 Å². The van der Waals surface area contributed by atoms with Gasteiger partial charge >= 0.3 is 11.7 Å². The van der Waals surface area contributed by atoms with Gasteiger partial charge in [0.1, 0.15) is 24.9 Å². The van der Waals surface area contributed by atoms with Gasteiger partial charge in [-0.05, 0) is 24.8 Å². The fourth-order valence-electron chi connectivity index (χ4n) is 3.80. The lowest BCUT2D eigenvalue weighted by Gasteiger charge is -2.14. The van der Waals surface area contributed by atoms with Gasteiger partial charge in [-0.1, -0.05) is 19.6 Å². The number of hydrogen-bond donors (Lipinski definition) is 4. The third kappa shape index (κ3) is 5.49. The first kappa shape index (κ1) is 27.1. The monoisotopic (exact) mass is 505 g/mol. The van der Waals surface area contributed by atoms with Crippen LogP contribution in [0.15, 0.2) is 52.5 Å². The van der Waals surface area contributed by atoms with Gasteiger partial charge in [0, 0.05) is 13.6 Å². The molecule has 2 aromatic rings. The lowest BCUT2D eigenvalue weighted by atomic mass is 10.1. The quantitative estimate of drug-likeness (QED) is 0.160. The second kappa shape index (κ2) is 11.9. The molecule has 1 fully saturated rings. The fourth-order valence-corrected chi connectivity index (χ4v) is 3.80. The zero-order valence-corrected chi connectivity index (χ0v) is 20.1. The highest BCUT2D eigenvalue weighted by Gasteiger charge is 2.41. The molecular formula is C23H31N5O8. The predicted octanol–water partition coefficient (Wildman–Crippen LogP) is -1.50. The molecule has 0 saturated carbocycles. The van der Waals surface area contributed by atoms with E-state index >= 15 is 0 Å². The number of aliphatic hydroxyl groups excluding tert-OH is 3. The van der Waals surface area contributed by atoms with Crippen LogP contribution in [-0.2, 0) is 34.4 Å². The standard InChI is InChI=1S/C23H31N5O8/c1-4-9-27-13-25-19-16(27)21(32)28(23(34)26(19)3)10-11-35-22(33)14(5-2)7-6-8-24-20-18(31)17(30)15(12-29)36-20/h5-8,13,15,17-18,20,24,29-31H,2,4,9-12H2,1,3H3/b8-6-,14-7+/t15-,17-,18-,20?/m1/s1. The number of aliphatic hydroxyl groups is 3. The van der Waals surface area contributed by atoms with Gasteiger partial charge in [0.25, 0.3) is 5.56 Å². The predicted molar refractivity (Wildman–Crippen MR) is 129 cm³/mol. The Morgan fingerprint density at radius 2 is 2.06 bits per heavy atom. The largest absolute Gasteiger partial charge is 0.460 e. The second-order valence-corrected chi connectivity index (χ2v) is 8.16. The van der Waals surface area contributed by atoms with Gasteiger partial charge in [-0.3, -0.25) is 13.9 Å². The van der Waals surface area contributed by atoms with Gasteiger partial charge in [-0.2, -0.15) is 0 Å². The van der Waals surface area contributed by atoms with Crippen molar-refractivity contribution in [2.75, 3.05) is 13.2 Å². The van der Waals surface area contributed by atoms with E-state index in [-0.39, 0.29) is 18.7 Å². The Balaban J connectivity index is 1.63. The van der Waals surface area contributed by atoms with E-state index in [0.717, 1.165) is 11.0 Å². The number of rotatable bonds is 11. The summed E-state index contributed by atoms with van der Waals surface area (Å²) in [6.45, 7) is 5.30. The summed E-state index contributed by atoms with van der Waals surface area (Å²) < 4.78 is 14.5. The first-order chi connectivity index (χ1) is 17.2. The molecular weight excluding hydrogens is 474 g/mol. The molecule has 1 saturated heterocycles. The molecule has 2 aromatic heterocycles. The average Bonchev–Trinajstić information content (AvgIpc) is 3.41. The molecule has 0 amide bonds. The van der Waals surface area contributed by atoms with Crippen LogP contribution in [0.1, 0.15) is 13.3 Å². The molecule has 4 atom stereocenters. The van der Waals surface area contributed by atoms with Crippen LogP contribution in [0.25, 0.3) is 11.2 Å². The minimum atomic E-state index is -1.24. The van der Waals surface area contributed by atoms with E-state index in [2.05, 4.69) is 16.9 Å². The number of esters is 1. The van der Waals surface area contributed by atoms with Gasteiger partial charge in [0.2, 0.25) is 0 Å². The van der Waals surface area contributed by atoms with Crippen LogP contribution in [-0.4, -0.2) is 77.7 Å². The summed E-state index contributed by atoms with van der Waals surface area (Å²) in [5.74, 6) is -0.718. The highest BCUT2D eigenvalue weighted by molar-refractivity contribution is 5.91. The molecule has 13 nitrogen and oxygen atoms in total. The number of fused-ring (bicyclic) bond motifs is 1. The minimum Gasteiger partial charge on any atom is -0.460 e. The van der Waals surface area contributed by atoms with E-state index in [1.165, 1.54) is 42.4 Å². The van der Waals surface area contributed by atoms with Gasteiger partial charge in [-0.25, -0.2) is 14.6 Å². The van der Waals surface area contributed by atoms with Crippen molar-refractivity contribution in [2.24, 2.45) is 7.05 Å². The van der Waals surface area contributed by atoms with Crippen molar-refractivity contribution < 1.29 is 29.6 Å². The number of carbonyl (C=O) groups excluding carboxylic acids is 1. The van der Waals surface area contributed by atoms with Crippen molar-refractivity contribution in [3.63, 3.8) is 0 Å². The van der Waals surface area contributed by atoms with E-state index in [9.17, 15) is 24.6 Å². The van der Waals surface area contributed by atoms with Gasteiger partial charge in [0.05, 0.1) is 25.1 Å². The van der Waals surface area contributed by atoms with Crippen LogP contribution in [0.3, 0.4) is 0 Å². The van der Waals surface area contributed by atoms with Crippen molar-refractivity contribution in [3.8, 4) is 0 Å². The molecule has 13 heteroatoms. The van der Waals surface area contributed by atoms with Crippen molar-refractivity contribution in [3.05, 3.63) is 63.7 Å². The number of ether oxygens (including phenoxy) is 2. The third-order valence-electron chi connectivity index (χ3n) is 5.74. The van der Waals surface area contributed by atoms with Crippen LogP contribution >= 0.6 is 0 Å². The Morgan fingerprint density at radius 1 is 1.31 bits per heavy atom. The molecule has 0 bridgehead atoms. The highest BCUT2D eigenvalue weighted by atomic mass is 16.6. The maximum absolute atomic E-state index is 12.9. The van der Waals surface area contributed by atoms with E-state index in [1.54, 1.807) is 4.57 Å². The number of imidazole rings is 1. The second-order valence-electron chi connectivity index (χ2n) is 8.16. The van der Waals surface area contributed by atoms with Crippen molar-refractivity contribution in [1.29, 1.82) is 0 Å². The molecule has 1 aliphatic heterocycles. The molecule has 1 unspecified atom stereocenters. The van der Waals surface area contributed by atoms with Gasteiger partial charge in [-0.15, -0.1) is 0 Å². The summed E-state index contributed by atoms with van der Waals surface area (Å²) in [7, 11) is 1.52. The number of aryl methyl sites for hydroxylation is 2. The van der Waals surface area contributed by atoms with Crippen molar-refractivity contribution in [2.45, 2.75) is 51.0 Å². The number of allylic oxidation sites excluding steroid dienone is 2. The first-order valence-electron chi connectivity index (χ1n) is 11.4. The third-order valence-corrected chi connectivity index (χ3v) is 5.74. The Morgan fingerprint density at radius 3 is 2.69 bits per heavy atom. The Hall–Kier alpha value is -3.52. The summed E-state index contributed by atoms with van der Waals surface area (Å²) in [5, 5.41) is 31.5. The Kier molecular flexibility index (Phi) is 8.98. The van der Waals surface area contributed by atoms with E-state index in [0.29, 0.717) is 17.7 Å². The topological polar surface area (TPSA) is 170 Å². The summed E-state index contributed by atoms with van der Waals surface area (Å²) in [6.07, 6.45) is 3.49. The van der Waals surface area contributed by atoms with Crippen molar-refractivity contribution in [1.82, 2.24) is 24.0 Å².